The van der Waals surface area contributed by atoms with Gasteiger partial charge >= 0.3 is 5.25 Å². The van der Waals surface area contributed by atoms with Crippen molar-refractivity contribution in [3.05, 3.63) is 0 Å². The number of carbonyl (C=O) groups excluding carboxylic acids is 1. The predicted octanol–water partition coefficient (Wildman–Crippen LogP) is -0.464. The van der Waals surface area contributed by atoms with E-state index >= 15 is 0 Å². The second-order valence-corrected chi connectivity index (χ2v) is 4.06. The molecule has 0 aliphatic carbocycles. The number of aliphatic carboxylic acids is 1. The quantitative estimate of drug-likeness (QED) is 0.490. The van der Waals surface area contributed by atoms with Gasteiger partial charge in [-0.05, 0) is 0 Å². The van der Waals surface area contributed by atoms with E-state index in [1.807, 2.05) is 0 Å². The molecule has 0 rings (SSSR count). The number of carboxylic acid groups (broad SMARTS) is 1. The van der Waals surface area contributed by atoms with Crippen LogP contribution in [-0.4, -0.2) is 30.1 Å². The summed E-state index contributed by atoms with van der Waals surface area (Å²) in [5, 5.41) is 5.01. The highest BCUT2D eigenvalue weighted by Crippen LogP contribution is 2.17. The fraction of sp³-hybridized carbons (Fsp3) is 0.800. The Kier molecular flexibility index (Phi) is 5.23. The van der Waals surface area contributed by atoms with Crippen molar-refractivity contribution in [3.63, 3.8) is 0 Å². The summed E-state index contributed by atoms with van der Waals surface area (Å²) < 4.78 is 73.1. The maximum Gasteiger partial charge on any atom is 0.331 e. The Morgan fingerprint density at radius 1 is 1.13 bits per heavy atom. The third-order valence-electron chi connectivity index (χ3n) is 0.797. The van der Waals surface area contributed by atoms with Crippen LogP contribution in [0.3, 0.4) is 0 Å². The summed E-state index contributed by atoms with van der Waals surface area (Å²) in [4.78, 5) is 9.16. The minimum atomic E-state index is -5.42. The van der Waals surface area contributed by atoms with E-state index in [0.717, 1.165) is 0 Å². The van der Waals surface area contributed by atoms with E-state index in [2.05, 4.69) is 0 Å². The van der Waals surface area contributed by atoms with Gasteiger partial charge in [0, 0.05) is 13.8 Å². The molecule has 0 aliphatic heterocycles. The molecule has 0 atom stereocenters. The molecule has 0 fully saturated rings. The molecule has 15 heavy (non-hydrogen) atoms. The van der Waals surface area contributed by atoms with Gasteiger partial charge in [0.2, 0.25) is 0 Å². The fourth-order valence-corrected chi connectivity index (χ4v) is 0. The lowest BCUT2D eigenvalue weighted by Gasteiger charge is -2.13. The second kappa shape index (κ2) is 4.75. The van der Waals surface area contributed by atoms with Crippen LogP contribution >= 0.6 is 0 Å². The number of halogens is 4. The molecule has 0 aromatic carbocycles. The van der Waals surface area contributed by atoms with E-state index in [4.69, 9.17) is 9.90 Å². The molecular weight excluding hydrogens is 248 g/mol. The van der Waals surface area contributed by atoms with Crippen LogP contribution < -0.4 is 5.11 Å². The van der Waals surface area contributed by atoms with E-state index < -0.39 is 27.3 Å². The van der Waals surface area contributed by atoms with Crippen LogP contribution in [0.25, 0.3) is 0 Å². The molecule has 0 radical (unpaired) electrons. The van der Waals surface area contributed by atoms with Gasteiger partial charge in [-0.25, -0.2) is 17.2 Å². The molecule has 0 amide bonds. The Bertz CT molecular complexity index is 311. The molecule has 5 nitrogen and oxygen atoms in total. The van der Waals surface area contributed by atoms with Crippen LogP contribution in [0.15, 0.2) is 0 Å². The Hall–Kier alpha value is -0.900. The molecule has 0 spiro atoms. The first-order valence-electron chi connectivity index (χ1n) is 3.12. The lowest BCUT2D eigenvalue weighted by atomic mass is 10.4. The van der Waals surface area contributed by atoms with Crippen molar-refractivity contribution < 1.29 is 40.4 Å². The first kappa shape index (κ1) is 16.5. The highest BCUT2D eigenvalue weighted by atomic mass is 32.2. The number of hydrogen-bond donors (Lipinski definition) is 0. The number of hydrogen-bond acceptors (Lipinski definition) is 5. The zero-order chi connectivity index (χ0) is 13.1. The van der Waals surface area contributed by atoms with Gasteiger partial charge in [-0.1, -0.05) is 0 Å². The van der Waals surface area contributed by atoms with Crippen LogP contribution in [0.1, 0.15) is 13.8 Å². The van der Waals surface area contributed by atoms with E-state index in [-0.39, 0.29) is 13.8 Å². The summed E-state index contributed by atoms with van der Waals surface area (Å²) in [5.41, 5.74) is 0. The van der Waals surface area contributed by atoms with Crippen molar-refractivity contribution in [1.29, 1.82) is 0 Å². The van der Waals surface area contributed by atoms with Gasteiger partial charge < -0.3 is 14.5 Å². The van der Waals surface area contributed by atoms with E-state index in [9.17, 15) is 30.5 Å². The summed E-state index contributed by atoms with van der Waals surface area (Å²) in [6.07, 6.45) is 0. The molecule has 0 aliphatic rings. The molecule has 10 heteroatoms. The van der Waals surface area contributed by atoms with Crippen LogP contribution in [0.2, 0.25) is 0 Å². The van der Waals surface area contributed by atoms with Gasteiger partial charge in [-0.2, -0.15) is 8.78 Å². The van der Waals surface area contributed by atoms with Gasteiger partial charge in [0.1, 0.15) is 5.97 Å². The third-order valence-corrected chi connectivity index (χ3v) is 1.68. The first-order valence-corrected chi connectivity index (χ1v) is 4.53. The molecule has 0 bridgehead atoms. The van der Waals surface area contributed by atoms with Gasteiger partial charge in [0.05, 0.1) is 0 Å². The van der Waals surface area contributed by atoms with Crippen molar-refractivity contribution in [2.45, 2.75) is 25.0 Å². The summed E-state index contributed by atoms with van der Waals surface area (Å²) in [7, 11) is -5.42. The van der Waals surface area contributed by atoms with E-state index in [1.54, 1.807) is 0 Å². The molecule has 0 unspecified atom stereocenters. The minimum absolute atomic E-state index is 0.0370. The van der Waals surface area contributed by atoms with Crippen LogP contribution in [0, 0.1) is 0 Å². The molecule has 92 valence electrons. The van der Waals surface area contributed by atoms with Crippen molar-refractivity contribution in [2.75, 3.05) is 0 Å². The molecule has 0 aromatic heterocycles. The van der Waals surface area contributed by atoms with Crippen molar-refractivity contribution >= 4 is 16.1 Å². The van der Waals surface area contributed by atoms with Crippen molar-refractivity contribution in [1.82, 2.24) is 0 Å². The Balaban J connectivity index is 0. The monoisotopic (exact) mass is 254 g/mol. The van der Waals surface area contributed by atoms with Crippen molar-refractivity contribution in [3.8, 4) is 0 Å². The maximum atomic E-state index is 11.3. The number of carbonyl (C=O) groups is 1. The zero-order valence-electron chi connectivity index (χ0n) is 7.46. The zero-order valence-corrected chi connectivity index (χ0v) is 8.28. The van der Waals surface area contributed by atoms with Gasteiger partial charge in [0.15, 0.2) is 10.1 Å². The molecule has 0 N–H and O–H groups in total. The third kappa shape index (κ3) is 8.12. The Labute approximate surface area is 82.5 Å². The highest BCUT2D eigenvalue weighted by Gasteiger charge is 2.29. The maximum absolute atomic E-state index is 11.3. The fourth-order valence-electron chi connectivity index (χ4n) is 0. The average Bonchev–Trinajstić information content (AvgIpc) is 1.80. The second-order valence-electron chi connectivity index (χ2n) is 2.44. The molecular formula is C5H6F4O5S-2. The highest BCUT2D eigenvalue weighted by molar-refractivity contribution is 7.86. The standard InChI is InChI=1S/C3H4F2O2.C2H4F2O3S/c1-3(4,5)2(6)7;1-2(3,4)8(5,6)7/h1H3,(H,6,7);1H3,(H,5,6,7)/p-2. The lowest BCUT2D eigenvalue weighted by molar-refractivity contribution is -0.327. The van der Waals surface area contributed by atoms with E-state index in [0.29, 0.717) is 0 Å². The van der Waals surface area contributed by atoms with Crippen LogP contribution in [0.4, 0.5) is 17.6 Å². The summed E-state index contributed by atoms with van der Waals surface area (Å²) in [6, 6.07) is 0. The first-order chi connectivity index (χ1) is 6.19. The number of alkyl halides is 4. The summed E-state index contributed by atoms with van der Waals surface area (Å²) in [5.74, 6) is -6.03. The minimum Gasteiger partial charge on any atom is -0.743 e. The average molecular weight is 254 g/mol. The van der Waals surface area contributed by atoms with Crippen LogP contribution in [0.5, 0.6) is 0 Å². The van der Waals surface area contributed by atoms with Gasteiger partial charge in [-0.15, -0.1) is 0 Å². The molecule has 0 aromatic rings. The smallest absolute Gasteiger partial charge is 0.331 e. The Morgan fingerprint density at radius 3 is 1.27 bits per heavy atom. The normalized spacial score (nSPS) is 12.7. The lowest BCUT2D eigenvalue weighted by Crippen LogP contribution is -2.38. The van der Waals surface area contributed by atoms with Gasteiger partial charge in [-0.3, -0.25) is 0 Å². The molecule has 0 saturated carbocycles. The predicted molar refractivity (Wildman–Crippen MR) is 35.9 cm³/mol. The molecule has 0 heterocycles. The van der Waals surface area contributed by atoms with Crippen molar-refractivity contribution in [2.24, 2.45) is 0 Å². The molecule has 0 saturated heterocycles. The van der Waals surface area contributed by atoms with Gasteiger partial charge in [0.25, 0.3) is 5.92 Å². The Morgan fingerprint density at radius 2 is 1.27 bits per heavy atom. The SMILES string of the molecule is CC(F)(F)C(=O)[O-].CC(F)(F)S(=O)(=O)[O-]. The summed E-state index contributed by atoms with van der Waals surface area (Å²) >= 11 is 0. The summed E-state index contributed by atoms with van der Waals surface area (Å²) in [6.45, 7) is 0.303. The number of carboxylic acids is 1. The van der Waals surface area contributed by atoms with Crippen LogP contribution in [-0.2, 0) is 14.9 Å². The topological polar surface area (TPSA) is 97.3 Å². The largest absolute Gasteiger partial charge is 0.743 e. The van der Waals surface area contributed by atoms with E-state index in [1.165, 1.54) is 0 Å². The number of rotatable bonds is 2.